The van der Waals surface area contributed by atoms with Crippen molar-refractivity contribution in [3.05, 3.63) is 91.9 Å². The molecule has 1 heterocycles. The normalized spacial score (nSPS) is 16.2. The van der Waals surface area contributed by atoms with Crippen LogP contribution < -0.4 is 9.73 Å². The Bertz CT molecular complexity index is 1310. The van der Waals surface area contributed by atoms with Crippen molar-refractivity contribution in [3.8, 4) is 0 Å². The van der Waals surface area contributed by atoms with Gasteiger partial charge < -0.3 is 0 Å². The van der Waals surface area contributed by atoms with Gasteiger partial charge in [0.2, 0.25) is 10.0 Å². The first kappa shape index (κ1) is 24.3. The zero-order chi connectivity index (χ0) is 23.8. The van der Waals surface area contributed by atoms with Crippen LogP contribution in [0.5, 0.6) is 0 Å². The van der Waals surface area contributed by atoms with Crippen LogP contribution in [0.25, 0.3) is 0 Å². The fraction of sp³-hybridized carbons (Fsp3) is 0.174. The maximum Gasteiger partial charge on any atom is 0.242 e. The molecule has 3 aromatic carbocycles. The van der Waals surface area contributed by atoms with Gasteiger partial charge in [0.1, 0.15) is 4.90 Å². The molecule has 5 nitrogen and oxygen atoms in total. The van der Waals surface area contributed by atoms with E-state index in [9.17, 15) is 8.42 Å². The standard InChI is InChI=1S/C23H19Cl4N3O2S/c1-14-3-2-4-19(26)23(14)33(31,32)28-13-18-12-22(15-5-7-16(24)8-6-15)30(29-18)21-10-9-17(25)11-20(21)27/h2-11,22,28H,12-13H2,1H3. The van der Waals surface area contributed by atoms with Gasteiger partial charge >= 0.3 is 0 Å². The van der Waals surface area contributed by atoms with Crippen LogP contribution in [-0.2, 0) is 10.0 Å². The summed E-state index contributed by atoms with van der Waals surface area (Å²) in [7, 11) is -3.83. The number of hydrogen-bond donors (Lipinski definition) is 1. The van der Waals surface area contributed by atoms with Crippen molar-refractivity contribution in [2.24, 2.45) is 5.10 Å². The first-order valence-electron chi connectivity index (χ1n) is 9.96. The van der Waals surface area contributed by atoms with Crippen molar-refractivity contribution in [1.82, 2.24) is 4.72 Å². The number of nitrogens with one attached hydrogen (secondary N) is 1. The third kappa shape index (κ3) is 5.32. The van der Waals surface area contributed by atoms with E-state index < -0.39 is 10.0 Å². The van der Waals surface area contributed by atoms with Gasteiger partial charge in [0.25, 0.3) is 0 Å². The average molecular weight is 543 g/mol. The molecule has 1 aliphatic rings. The Labute approximate surface area is 213 Å². The van der Waals surface area contributed by atoms with Gasteiger partial charge in [-0.1, -0.05) is 70.7 Å². The van der Waals surface area contributed by atoms with E-state index in [1.165, 1.54) is 0 Å². The van der Waals surface area contributed by atoms with Gasteiger partial charge in [0.05, 0.1) is 34.0 Å². The van der Waals surface area contributed by atoms with E-state index in [4.69, 9.17) is 51.5 Å². The zero-order valence-corrected chi connectivity index (χ0v) is 21.2. The summed E-state index contributed by atoms with van der Waals surface area (Å²) >= 11 is 24.7. The molecule has 0 amide bonds. The molecule has 3 aromatic rings. The van der Waals surface area contributed by atoms with Crippen molar-refractivity contribution in [3.63, 3.8) is 0 Å². The van der Waals surface area contributed by atoms with Gasteiger partial charge in [-0.25, -0.2) is 13.1 Å². The summed E-state index contributed by atoms with van der Waals surface area (Å²) in [5.41, 5.74) is 2.85. The lowest BCUT2D eigenvalue weighted by Crippen LogP contribution is -2.30. The number of sulfonamides is 1. The number of benzene rings is 3. The van der Waals surface area contributed by atoms with Crippen LogP contribution in [0.1, 0.15) is 23.6 Å². The van der Waals surface area contributed by atoms with Crippen LogP contribution in [-0.4, -0.2) is 20.7 Å². The molecular formula is C23H19Cl4N3O2S. The number of nitrogens with zero attached hydrogens (tertiary/aromatic N) is 2. The second kappa shape index (κ2) is 9.82. The highest BCUT2D eigenvalue weighted by molar-refractivity contribution is 7.89. The van der Waals surface area contributed by atoms with Crippen molar-refractivity contribution in [1.29, 1.82) is 0 Å². The lowest BCUT2D eigenvalue weighted by Gasteiger charge is -2.25. The average Bonchev–Trinajstić information content (AvgIpc) is 3.17. The maximum absolute atomic E-state index is 12.9. The summed E-state index contributed by atoms with van der Waals surface area (Å²) in [6, 6.07) is 17.4. The minimum atomic E-state index is -3.83. The van der Waals surface area contributed by atoms with Gasteiger partial charge in [0, 0.05) is 16.5 Å². The Kier molecular flexibility index (Phi) is 7.24. The van der Waals surface area contributed by atoms with E-state index in [1.54, 1.807) is 60.5 Å². The monoisotopic (exact) mass is 541 g/mol. The lowest BCUT2D eigenvalue weighted by atomic mass is 10.0. The second-order valence-corrected chi connectivity index (χ2v) is 11.0. The molecule has 0 fully saturated rings. The molecule has 0 bridgehead atoms. The number of rotatable bonds is 6. The van der Waals surface area contributed by atoms with E-state index in [0.717, 1.165) is 5.56 Å². The molecule has 1 aliphatic heterocycles. The van der Waals surface area contributed by atoms with Crippen LogP contribution in [0.15, 0.2) is 70.7 Å². The minimum Gasteiger partial charge on any atom is -0.256 e. The van der Waals surface area contributed by atoms with Gasteiger partial charge in [-0.05, 0) is 54.4 Å². The number of aryl methyl sites for hydroxylation is 1. The summed E-state index contributed by atoms with van der Waals surface area (Å²) in [4.78, 5) is 0.0668. The lowest BCUT2D eigenvalue weighted by molar-refractivity contribution is 0.585. The van der Waals surface area contributed by atoms with E-state index in [-0.39, 0.29) is 22.5 Å². The fourth-order valence-electron chi connectivity index (χ4n) is 3.72. The minimum absolute atomic E-state index is 0.0266. The molecule has 4 rings (SSSR count). The summed E-state index contributed by atoms with van der Waals surface area (Å²) in [5, 5.41) is 8.23. The molecular weight excluding hydrogens is 524 g/mol. The number of hydrogen-bond acceptors (Lipinski definition) is 4. The molecule has 0 saturated carbocycles. The largest absolute Gasteiger partial charge is 0.256 e. The Morgan fingerprint density at radius 3 is 2.33 bits per heavy atom. The van der Waals surface area contributed by atoms with Gasteiger partial charge in [-0.3, -0.25) is 5.01 Å². The highest BCUT2D eigenvalue weighted by Crippen LogP contribution is 2.39. The molecule has 1 atom stereocenters. The summed E-state index contributed by atoms with van der Waals surface area (Å²) in [6.07, 6.45) is 0.491. The smallest absolute Gasteiger partial charge is 0.242 e. The molecule has 0 radical (unpaired) electrons. The molecule has 0 spiro atoms. The van der Waals surface area contributed by atoms with E-state index in [1.807, 2.05) is 12.1 Å². The number of anilines is 1. The zero-order valence-electron chi connectivity index (χ0n) is 17.4. The first-order chi connectivity index (χ1) is 15.7. The highest BCUT2D eigenvalue weighted by Gasteiger charge is 2.31. The first-order valence-corrected chi connectivity index (χ1v) is 13.0. The maximum atomic E-state index is 12.9. The SMILES string of the molecule is Cc1cccc(Cl)c1S(=O)(=O)NCC1=NN(c2ccc(Cl)cc2Cl)C(c2ccc(Cl)cc2)C1. The third-order valence-corrected chi connectivity index (χ3v) is 8.10. The molecule has 0 saturated heterocycles. The van der Waals surface area contributed by atoms with Crippen molar-refractivity contribution in [2.45, 2.75) is 24.3 Å². The van der Waals surface area contributed by atoms with Crippen molar-refractivity contribution in [2.75, 3.05) is 11.6 Å². The molecule has 10 heteroatoms. The van der Waals surface area contributed by atoms with Gasteiger partial charge in [0.15, 0.2) is 0 Å². The summed E-state index contributed by atoms with van der Waals surface area (Å²) in [6.45, 7) is 1.73. The topological polar surface area (TPSA) is 61.8 Å². The fourth-order valence-corrected chi connectivity index (χ4v) is 6.19. The van der Waals surface area contributed by atoms with Gasteiger partial charge in [-0.15, -0.1) is 0 Å². The van der Waals surface area contributed by atoms with E-state index in [2.05, 4.69) is 4.72 Å². The van der Waals surface area contributed by atoms with Crippen LogP contribution in [0.4, 0.5) is 5.69 Å². The number of hydrazone groups is 1. The van der Waals surface area contributed by atoms with Gasteiger partial charge in [-0.2, -0.15) is 5.10 Å². The third-order valence-electron chi connectivity index (χ3n) is 5.28. The molecule has 33 heavy (non-hydrogen) atoms. The molecule has 0 aliphatic carbocycles. The van der Waals surface area contributed by atoms with Crippen LogP contribution in [0.3, 0.4) is 0 Å². The molecule has 1 N–H and O–H groups in total. The van der Waals surface area contributed by atoms with Crippen LogP contribution >= 0.6 is 46.4 Å². The summed E-state index contributed by atoms with van der Waals surface area (Å²) in [5.74, 6) is 0. The quantitative estimate of drug-likeness (QED) is 0.368. The van der Waals surface area contributed by atoms with Crippen LogP contribution in [0, 0.1) is 6.92 Å². The van der Waals surface area contributed by atoms with E-state index >= 15 is 0 Å². The molecule has 1 unspecified atom stereocenters. The number of halogens is 4. The predicted octanol–water partition coefficient (Wildman–Crippen LogP) is 6.89. The Morgan fingerprint density at radius 1 is 0.970 bits per heavy atom. The van der Waals surface area contributed by atoms with Crippen LogP contribution in [0.2, 0.25) is 20.1 Å². The van der Waals surface area contributed by atoms with Crippen molar-refractivity contribution < 1.29 is 8.42 Å². The highest BCUT2D eigenvalue weighted by atomic mass is 35.5. The summed E-state index contributed by atoms with van der Waals surface area (Å²) < 4.78 is 28.5. The van der Waals surface area contributed by atoms with E-state index in [0.29, 0.717) is 38.5 Å². The predicted molar refractivity (Wildman–Crippen MR) is 137 cm³/mol. The second-order valence-electron chi connectivity index (χ2n) is 7.59. The Balaban J connectivity index is 1.64. The Morgan fingerprint density at radius 2 is 1.67 bits per heavy atom. The molecule has 172 valence electrons. The molecule has 0 aromatic heterocycles. The van der Waals surface area contributed by atoms with Crippen molar-refractivity contribution >= 4 is 67.8 Å². The Hall–Kier alpha value is -1.80.